The zero-order chi connectivity index (χ0) is 19.1. The van der Waals surface area contributed by atoms with Gasteiger partial charge in [0.1, 0.15) is 6.10 Å². The smallest absolute Gasteiger partial charge is 0.311 e. The van der Waals surface area contributed by atoms with Crippen molar-refractivity contribution in [2.45, 2.75) is 65.1 Å². The van der Waals surface area contributed by atoms with Crippen LogP contribution < -0.4 is 0 Å². The highest BCUT2D eigenvalue weighted by Gasteiger charge is 2.57. The van der Waals surface area contributed by atoms with Gasteiger partial charge in [0.15, 0.2) is 0 Å². The van der Waals surface area contributed by atoms with Crippen LogP contribution in [0.15, 0.2) is 43.0 Å². The van der Waals surface area contributed by atoms with E-state index in [9.17, 15) is 9.90 Å². The van der Waals surface area contributed by atoms with Crippen molar-refractivity contribution >= 4 is 5.97 Å². The third-order valence-electron chi connectivity index (χ3n) is 6.58. The number of allylic oxidation sites excluding steroid dienone is 1. The van der Waals surface area contributed by atoms with Crippen molar-refractivity contribution in [3.05, 3.63) is 48.6 Å². The molecule has 0 radical (unpaired) electrons. The molecular formula is C23H32O3. The fraction of sp³-hybridized carbons (Fsp3) is 0.609. The van der Waals surface area contributed by atoms with Crippen LogP contribution in [0.25, 0.3) is 0 Å². The molecule has 0 aromatic heterocycles. The summed E-state index contributed by atoms with van der Waals surface area (Å²) in [6.07, 6.45) is 3.94. The lowest BCUT2D eigenvalue weighted by atomic mass is 9.57. The molecule has 142 valence electrons. The van der Waals surface area contributed by atoms with Crippen molar-refractivity contribution in [1.82, 2.24) is 0 Å². The maximum Gasteiger partial charge on any atom is 0.311 e. The minimum atomic E-state index is -0.508. The summed E-state index contributed by atoms with van der Waals surface area (Å²) in [7, 11) is 0. The number of fused-ring (bicyclic) bond motifs is 1. The number of esters is 1. The molecule has 3 rings (SSSR count). The Labute approximate surface area is 157 Å². The van der Waals surface area contributed by atoms with Crippen LogP contribution in [0.2, 0.25) is 0 Å². The normalized spacial score (nSPS) is 37.0. The molecule has 0 spiro atoms. The first kappa shape index (κ1) is 19.2. The molecule has 0 amide bonds. The zero-order valence-electron chi connectivity index (χ0n) is 16.4. The number of hydrogen-bond donors (Lipinski definition) is 1. The fourth-order valence-corrected chi connectivity index (χ4v) is 5.16. The number of benzene rings is 1. The van der Waals surface area contributed by atoms with Crippen molar-refractivity contribution in [1.29, 1.82) is 0 Å². The van der Waals surface area contributed by atoms with Gasteiger partial charge in [0.05, 0.1) is 11.5 Å². The summed E-state index contributed by atoms with van der Waals surface area (Å²) < 4.78 is 5.95. The van der Waals surface area contributed by atoms with Crippen molar-refractivity contribution in [2.75, 3.05) is 0 Å². The van der Waals surface area contributed by atoms with Crippen molar-refractivity contribution in [3.8, 4) is 0 Å². The van der Waals surface area contributed by atoms with Crippen molar-refractivity contribution in [3.63, 3.8) is 0 Å². The molecule has 0 heterocycles. The van der Waals surface area contributed by atoms with Gasteiger partial charge in [-0.2, -0.15) is 0 Å². The van der Waals surface area contributed by atoms with E-state index >= 15 is 0 Å². The van der Waals surface area contributed by atoms with E-state index in [1.54, 1.807) is 0 Å². The summed E-state index contributed by atoms with van der Waals surface area (Å²) in [5.41, 5.74) is 0.457. The molecule has 1 aromatic rings. The first-order valence-electron chi connectivity index (χ1n) is 9.75. The highest BCUT2D eigenvalue weighted by molar-refractivity contribution is 5.75. The SMILES string of the molecule is C=C[C@@H]1[C@H](c2ccccc2)[C@H](O)C[C@]2(C)[C@@H](OC(=O)C(C)(C)C)CC[C@@H]12. The Morgan fingerprint density at radius 2 is 1.92 bits per heavy atom. The number of hydrogen-bond acceptors (Lipinski definition) is 3. The third kappa shape index (κ3) is 3.22. The quantitative estimate of drug-likeness (QED) is 0.630. The molecule has 3 nitrogen and oxygen atoms in total. The summed E-state index contributed by atoms with van der Waals surface area (Å²) >= 11 is 0. The average Bonchev–Trinajstić information content (AvgIpc) is 2.89. The number of ether oxygens (including phenoxy) is 1. The van der Waals surface area contributed by atoms with Crippen molar-refractivity contribution < 1.29 is 14.6 Å². The molecule has 0 saturated heterocycles. The monoisotopic (exact) mass is 356 g/mol. The van der Waals surface area contributed by atoms with Gasteiger partial charge in [0, 0.05) is 11.3 Å². The van der Waals surface area contributed by atoms with Crippen LogP contribution in [0.1, 0.15) is 58.4 Å². The molecule has 2 aliphatic carbocycles. The van der Waals surface area contributed by atoms with Crippen LogP contribution in [0.3, 0.4) is 0 Å². The Morgan fingerprint density at radius 3 is 2.50 bits per heavy atom. The number of rotatable bonds is 3. The Kier molecular flexibility index (Phi) is 5.04. The number of carbonyl (C=O) groups is 1. The summed E-state index contributed by atoms with van der Waals surface area (Å²) in [5, 5.41) is 11.1. The zero-order valence-corrected chi connectivity index (χ0v) is 16.4. The maximum absolute atomic E-state index is 12.5. The van der Waals surface area contributed by atoms with Gasteiger partial charge in [-0.1, -0.05) is 43.3 Å². The van der Waals surface area contributed by atoms with Gasteiger partial charge in [-0.3, -0.25) is 4.79 Å². The summed E-state index contributed by atoms with van der Waals surface area (Å²) in [6, 6.07) is 10.2. The van der Waals surface area contributed by atoms with Gasteiger partial charge < -0.3 is 9.84 Å². The molecule has 2 saturated carbocycles. The molecule has 0 aliphatic heterocycles. The second-order valence-electron chi connectivity index (χ2n) is 9.35. The maximum atomic E-state index is 12.5. The Balaban J connectivity index is 1.88. The van der Waals surface area contributed by atoms with E-state index in [0.717, 1.165) is 12.8 Å². The van der Waals surface area contributed by atoms with E-state index in [0.29, 0.717) is 12.3 Å². The predicted molar refractivity (Wildman–Crippen MR) is 104 cm³/mol. The third-order valence-corrected chi connectivity index (χ3v) is 6.58. The van der Waals surface area contributed by atoms with Crippen LogP contribution in [0.4, 0.5) is 0 Å². The molecule has 6 atom stereocenters. The largest absolute Gasteiger partial charge is 0.461 e. The van der Waals surface area contributed by atoms with E-state index in [1.165, 1.54) is 5.56 Å². The first-order chi connectivity index (χ1) is 12.2. The second kappa shape index (κ2) is 6.84. The van der Waals surface area contributed by atoms with E-state index < -0.39 is 11.5 Å². The molecule has 3 heteroatoms. The molecular weight excluding hydrogens is 324 g/mol. The molecule has 1 N–H and O–H groups in total. The number of aliphatic hydroxyl groups is 1. The van der Waals surface area contributed by atoms with Gasteiger partial charge in [-0.05, 0) is 57.4 Å². The van der Waals surface area contributed by atoms with E-state index in [2.05, 4.69) is 25.6 Å². The molecule has 0 unspecified atom stereocenters. The molecule has 1 aromatic carbocycles. The first-order valence-corrected chi connectivity index (χ1v) is 9.75. The molecule has 2 fully saturated rings. The Hall–Kier alpha value is -1.61. The minimum Gasteiger partial charge on any atom is -0.461 e. The lowest BCUT2D eigenvalue weighted by Crippen LogP contribution is -2.49. The standard InChI is InChI=1S/C23H32O3/c1-6-16-17-12-13-19(26-21(25)22(2,3)4)23(17,5)14-18(24)20(16)15-10-8-7-9-11-15/h6-11,16-20,24H,1,12-14H2,2-5H3/t16-,17-,18+,19-,20-,23-/m0/s1. The van der Waals surface area contributed by atoms with Crippen LogP contribution in [0.5, 0.6) is 0 Å². The predicted octanol–water partition coefficient (Wildman–Crippen LogP) is 4.71. The lowest BCUT2D eigenvalue weighted by molar-refractivity contribution is -0.169. The molecule has 2 aliphatic rings. The molecule has 26 heavy (non-hydrogen) atoms. The highest BCUT2D eigenvalue weighted by atomic mass is 16.5. The fourth-order valence-electron chi connectivity index (χ4n) is 5.16. The van der Waals surface area contributed by atoms with E-state index in [-0.39, 0.29) is 29.3 Å². The summed E-state index contributed by atoms with van der Waals surface area (Å²) in [6.45, 7) is 11.9. The van der Waals surface area contributed by atoms with Gasteiger partial charge in [-0.15, -0.1) is 6.58 Å². The van der Waals surface area contributed by atoms with Crippen LogP contribution in [-0.4, -0.2) is 23.3 Å². The summed E-state index contributed by atoms with van der Waals surface area (Å²) in [5.74, 6) is 0.457. The average molecular weight is 357 g/mol. The highest BCUT2D eigenvalue weighted by Crippen LogP contribution is 2.59. The summed E-state index contributed by atoms with van der Waals surface area (Å²) in [4.78, 5) is 12.5. The Bertz CT molecular complexity index is 660. The Morgan fingerprint density at radius 1 is 1.27 bits per heavy atom. The van der Waals surface area contributed by atoms with Crippen LogP contribution in [0, 0.1) is 22.7 Å². The minimum absolute atomic E-state index is 0.0591. The number of carbonyl (C=O) groups excluding carboxylic acids is 1. The lowest BCUT2D eigenvalue weighted by Gasteiger charge is -2.49. The molecule has 0 bridgehead atoms. The van der Waals surface area contributed by atoms with Gasteiger partial charge >= 0.3 is 5.97 Å². The van der Waals surface area contributed by atoms with E-state index in [1.807, 2.05) is 45.0 Å². The van der Waals surface area contributed by atoms with Crippen molar-refractivity contribution in [2.24, 2.45) is 22.7 Å². The van der Waals surface area contributed by atoms with Gasteiger partial charge in [0.2, 0.25) is 0 Å². The second-order valence-corrected chi connectivity index (χ2v) is 9.35. The van der Waals surface area contributed by atoms with Gasteiger partial charge in [0.25, 0.3) is 0 Å². The van der Waals surface area contributed by atoms with E-state index in [4.69, 9.17) is 4.74 Å². The van der Waals surface area contributed by atoms with Crippen LogP contribution >= 0.6 is 0 Å². The number of aliphatic hydroxyl groups excluding tert-OH is 1. The van der Waals surface area contributed by atoms with Gasteiger partial charge in [-0.25, -0.2) is 0 Å². The topological polar surface area (TPSA) is 46.5 Å². The van der Waals surface area contributed by atoms with Crippen LogP contribution in [-0.2, 0) is 9.53 Å².